The van der Waals surface area contributed by atoms with Gasteiger partial charge in [-0.05, 0) is 6.42 Å². The zero-order chi connectivity index (χ0) is 11.5. The summed E-state index contributed by atoms with van der Waals surface area (Å²) in [6.07, 6.45) is 3.71. The molecule has 0 saturated carbocycles. The molecule has 16 heavy (non-hydrogen) atoms. The molecule has 6 nitrogen and oxygen atoms in total. The van der Waals surface area contributed by atoms with Crippen LogP contribution in [0.5, 0.6) is 0 Å². The van der Waals surface area contributed by atoms with E-state index in [0.29, 0.717) is 17.0 Å². The van der Waals surface area contributed by atoms with Gasteiger partial charge < -0.3 is 10.3 Å². The topological polar surface area (TPSA) is 83.6 Å². The number of aromatic nitrogens is 4. The molecule has 0 unspecified atom stereocenters. The maximum absolute atomic E-state index is 11.7. The lowest BCUT2D eigenvalue weighted by Crippen LogP contribution is -2.20. The number of aromatic amines is 1. The number of imidazole rings is 1. The van der Waals surface area contributed by atoms with E-state index in [1.807, 2.05) is 13.8 Å². The van der Waals surface area contributed by atoms with Crippen LogP contribution in [0.3, 0.4) is 0 Å². The Morgan fingerprint density at radius 1 is 1.50 bits per heavy atom. The number of hydrogen-bond donors (Lipinski definition) is 2. The van der Waals surface area contributed by atoms with Crippen molar-refractivity contribution < 1.29 is 4.79 Å². The third-order valence-electron chi connectivity index (χ3n) is 2.52. The summed E-state index contributed by atoms with van der Waals surface area (Å²) in [5.74, 6) is 0.401. The summed E-state index contributed by atoms with van der Waals surface area (Å²) < 4.78 is 0. The SMILES string of the molecule is CC[C@H](C)C(=O)Nc1ncnc2nc[nH]c12. The van der Waals surface area contributed by atoms with E-state index in [1.54, 1.807) is 0 Å². The number of amides is 1. The van der Waals surface area contributed by atoms with Crippen LogP contribution in [-0.4, -0.2) is 25.8 Å². The van der Waals surface area contributed by atoms with E-state index >= 15 is 0 Å². The smallest absolute Gasteiger partial charge is 0.228 e. The van der Waals surface area contributed by atoms with Crippen molar-refractivity contribution in [2.24, 2.45) is 5.92 Å². The van der Waals surface area contributed by atoms with Crippen LogP contribution >= 0.6 is 0 Å². The average molecular weight is 219 g/mol. The van der Waals surface area contributed by atoms with Crippen LogP contribution < -0.4 is 5.32 Å². The van der Waals surface area contributed by atoms with Gasteiger partial charge in [0.05, 0.1) is 6.33 Å². The highest BCUT2D eigenvalue weighted by Crippen LogP contribution is 2.15. The lowest BCUT2D eigenvalue weighted by atomic mass is 10.1. The number of rotatable bonds is 3. The van der Waals surface area contributed by atoms with Gasteiger partial charge in [0, 0.05) is 5.92 Å². The number of H-pyrrole nitrogens is 1. The normalized spacial score (nSPS) is 12.6. The number of fused-ring (bicyclic) bond motifs is 1. The van der Waals surface area contributed by atoms with Gasteiger partial charge in [-0.1, -0.05) is 13.8 Å². The predicted molar refractivity (Wildman–Crippen MR) is 59.8 cm³/mol. The zero-order valence-electron chi connectivity index (χ0n) is 9.19. The van der Waals surface area contributed by atoms with Gasteiger partial charge in [-0.2, -0.15) is 0 Å². The van der Waals surface area contributed by atoms with E-state index in [0.717, 1.165) is 6.42 Å². The van der Waals surface area contributed by atoms with Crippen LogP contribution in [0.25, 0.3) is 11.2 Å². The van der Waals surface area contributed by atoms with E-state index in [4.69, 9.17) is 0 Å². The van der Waals surface area contributed by atoms with Crippen LogP contribution in [0.2, 0.25) is 0 Å². The van der Waals surface area contributed by atoms with E-state index in [-0.39, 0.29) is 11.8 Å². The minimum absolute atomic E-state index is 0.0343. The molecule has 84 valence electrons. The van der Waals surface area contributed by atoms with Crippen molar-refractivity contribution in [1.29, 1.82) is 0 Å². The Balaban J connectivity index is 2.27. The van der Waals surface area contributed by atoms with Crippen LogP contribution in [-0.2, 0) is 4.79 Å². The number of carbonyl (C=O) groups is 1. The molecule has 6 heteroatoms. The van der Waals surface area contributed by atoms with Crippen molar-refractivity contribution in [1.82, 2.24) is 19.9 Å². The van der Waals surface area contributed by atoms with Gasteiger partial charge in [-0.25, -0.2) is 15.0 Å². The molecule has 1 amide bonds. The Kier molecular flexibility index (Phi) is 2.80. The number of nitrogens with one attached hydrogen (secondary N) is 2. The standard InChI is InChI=1S/C10H13N5O/c1-3-6(2)10(16)15-9-7-8(12-4-11-7)13-5-14-9/h4-6H,3H2,1-2H3,(H2,11,12,13,14,15,16)/t6-/m0/s1. The van der Waals surface area contributed by atoms with Crippen molar-refractivity contribution in [2.75, 3.05) is 5.32 Å². The fourth-order valence-corrected chi connectivity index (χ4v) is 1.29. The first-order valence-electron chi connectivity index (χ1n) is 5.17. The number of hydrogen-bond acceptors (Lipinski definition) is 4. The molecule has 0 aromatic carbocycles. The van der Waals surface area contributed by atoms with Gasteiger partial charge in [-0.3, -0.25) is 4.79 Å². The molecule has 0 radical (unpaired) electrons. The molecule has 0 aliphatic carbocycles. The third kappa shape index (κ3) is 1.86. The van der Waals surface area contributed by atoms with E-state index in [2.05, 4.69) is 25.3 Å². The monoisotopic (exact) mass is 219 g/mol. The molecule has 0 aliphatic rings. The average Bonchev–Trinajstić information content (AvgIpc) is 2.77. The predicted octanol–water partition coefficient (Wildman–Crippen LogP) is 1.34. The molecule has 2 aromatic heterocycles. The molecule has 0 aliphatic heterocycles. The van der Waals surface area contributed by atoms with Gasteiger partial charge in [0.25, 0.3) is 0 Å². The van der Waals surface area contributed by atoms with Gasteiger partial charge in [0.2, 0.25) is 5.91 Å². The fourth-order valence-electron chi connectivity index (χ4n) is 1.29. The maximum Gasteiger partial charge on any atom is 0.228 e. The summed E-state index contributed by atoms with van der Waals surface area (Å²) in [4.78, 5) is 26.6. The molecule has 0 saturated heterocycles. The maximum atomic E-state index is 11.7. The van der Waals surface area contributed by atoms with Crippen LogP contribution in [0.1, 0.15) is 20.3 Å². The van der Waals surface area contributed by atoms with Gasteiger partial charge in [0.1, 0.15) is 11.8 Å². The second-order valence-electron chi connectivity index (χ2n) is 3.62. The molecule has 2 heterocycles. The Hall–Kier alpha value is -1.98. The van der Waals surface area contributed by atoms with Crippen molar-refractivity contribution in [3.8, 4) is 0 Å². The molecule has 0 bridgehead atoms. The van der Waals surface area contributed by atoms with Crippen molar-refractivity contribution in [2.45, 2.75) is 20.3 Å². The van der Waals surface area contributed by atoms with E-state index < -0.39 is 0 Å². The van der Waals surface area contributed by atoms with Gasteiger partial charge >= 0.3 is 0 Å². The summed E-state index contributed by atoms with van der Waals surface area (Å²) in [5.41, 5.74) is 1.20. The summed E-state index contributed by atoms with van der Waals surface area (Å²) in [6.45, 7) is 3.84. The first-order valence-corrected chi connectivity index (χ1v) is 5.17. The summed E-state index contributed by atoms with van der Waals surface area (Å²) in [5, 5.41) is 2.76. The van der Waals surface area contributed by atoms with Crippen molar-refractivity contribution >= 4 is 22.9 Å². The second kappa shape index (κ2) is 4.26. The molecule has 0 spiro atoms. The Morgan fingerprint density at radius 2 is 2.31 bits per heavy atom. The summed E-state index contributed by atoms with van der Waals surface area (Å²) in [6, 6.07) is 0. The molecule has 0 fully saturated rings. The van der Waals surface area contributed by atoms with Crippen LogP contribution in [0.15, 0.2) is 12.7 Å². The quantitative estimate of drug-likeness (QED) is 0.815. The fraction of sp³-hybridized carbons (Fsp3) is 0.400. The van der Waals surface area contributed by atoms with E-state index in [1.165, 1.54) is 12.7 Å². The zero-order valence-corrected chi connectivity index (χ0v) is 9.19. The second-order valence-corrected chi connectivity index (χ2v) is 3.62. The highest BCUT2D eigenvalue weighted by atomic mass is 16.1. The Morgan fingerprint density at radius 3 is 3.06 bits per heavy atom. The molecule has 2 aromatic rings. The highest BCUT2D eigenvalue weighted by Gasteiger charge is 2.13. The van der Waals surface area contributed by atoms with Crippen LogP contribution in [0.4, 0.5) is 5.82 Å². The minimum Gasteiger partial charge on any atom is -0.340 e. The third-order valence-corrected chi connectivity index (χ3v) is 2.52. The number of carbonyl (C=O) groups excluding carboxylic acids is 1. The number of anilines is 1. The first-order chi connectivity index (χ1) is 7.72. The van der Waals surface area contributed by atoms with Crippen molar-refractivity contribution in [3.05, 3.63) is 12.7 Å². The molecular formula is C10H13N5O. The van der Waals surface area contributed by atoms with Crippen molar-refractivity contribution in [3.63, 3.8) is 0 Å². The molecule has 1 atom stereocenters. The Bertz CT molecular complexity index is 507. The molecular weight excluding hydrogens is 206 g/mol. The molecule has 2 N–H and O–H groups in total. The highest BCUT2D eigenvalue weighted by molar-refractivity contribution is 5.97. The first kappa shape index (κ1) is 10.5. The van der Waals surface area contributed by atoms with Crippen LogP contribution in [0, 0.1) is 5.92 Å². The minimum atomic E-state index is -0.0444. The summed E-state index contributed by atoms with van der Waals surface area (Å²) >= 11 is 0. The van der Waals surface area contributed by atoms with Gasteiger partial charge in [-0.15, -0.1) is 0 Å². The number of nitrogens with zero attached hydrogens (tertiary/aromatic N) is 3. The lowest BCUT2D eigenvalue weighted by Gasteiger charge is -2.08. The molecule has 2 rings (SSSR count). The van der Waals surface area contributed by atoms with Gasteiger partial charge in [0.15, 0.2) is 11.5 Å². The summed E-state index contributed by atoms with van der Waals surface area (Å²) in [7, 11) is 0. The van der Waals surface area contributed by atoms with E-state index in [9.17, 15) is 4.79 Å². The Labute approximate surface area is 92.5 Å². The lowest BCUT2D eigenvalue weighted by molar-refractivity contribution is -0.119. The largest absolute Gasteiger partial charge is 0.340 e.